The van der Waals surface area contributed by atoms with E-state index in [1.807, 2.05) is 13.8 Å². The number of hydrogen-bond acceptors (Lipinski definition) is 6. The number of amides is 2. The third-order valence-corrected chi connectivity index (χ3v) is 8.02. The molecule has 2 amide bonds. The van der Waals surface area contributed by atoms with Gasteiger partial charge in [0.1, 0.15) is 11.7 Å². The molecule has 0 bridgehead atoms. The number of nitrogens with one attached hydrogen (secondary N) is 1. The molecule has 10 heteroatoms. The number of carbonyl (C=O) groups excluding carboxylic acids is 2. The number of nitrogens with zero attached hydrogens (tertiary/aromatic N) is 2. The summed E-state index contributed by atoms with van der Waals surface area (Å²) in [6.45, 7) is 6.92. The minimum absolute atomic E-state index is 0.0132. The number of piperidine rings is 1. The molecule has 2 rings (SSSR count). The maximum atomic E-state index is 13.4. The normalized spacial score (nSPS) is 16.5. The fraction of sp³-hybridized carbons (Fsp3) is 0.652. The Morgan fingerprint density at radius 2 is 1.76 bits per heavy atom. The highest BCUT2D eigenvalue weighted by atomic mass is 32.2. The van der Waals surface area contributed by atoms with E-state index in [-0.39, 0.29) is 29.8 Å². The van der Waals surface area contributed by atoms with Crippen LogP contribution in [0.2, 0.25) is 0 Å². The van der Waals surface area contributed by atoms with Gasteiger partial charge in [0.15, 0.2) is 0 Å². The van der Waals surface area contributed by atoms with Crippen LogP contribution in [0.5, 0.6) is 5.75 Å². The van der Waals surface area contributed by atoms with Crippen LogP contribution >= 0.6 is 0 Å². The van der Waals surface area contributed by atoms with Gasteiger partial charge in [-0.2, -0.15) is 4.31 Å². The molecule has 1 saturated heterocycles. The van der Waals surface area contributed by atoms with Gasteiger partial charge in [-0.05, 0) is 61.8 Å². The van der Waals surface area contributed by atoms with Gasteiger partial charge in [0, 0.05) is 26.2 Å². The molecule has 0 saturated carbocycles. The highest BCUT2D eigenvalue weighted by Crippen LogP contribution is 2.28. The second-order valence-corrected chi connectivity index (χ2v) is 10.8. The van der Waals surface area contributed by atoms with Crippen LogP contribution in [0, 0.1) is 17.8 Å². The summed E-state index contributed by atoms with van der Waals surface area (Å²) in [4.78, 5) is 27.8. The highest BCUT2D eigenvalue weighted by molar-refractivity contribution is 7.89. The second-order valence-electron chi connectivity index (χ2n) is 8.86. The van der Waals surface area contributed by atoms with Crippen LogP contribution in [0.4, 0.5) is 0 Å². The molecular formula is C23H37N3O6S. The summed E-state index contributed by atoms with van der Waals surface area (Å²) in [6, 6.07) is 6.11. The molecule has 0 spiro atoms. The number of methoxy groups -OCH3 is 1. The number of rotatable bonds is 11. The van der Waals surface area contributed by atoms with Crippen LogP contribution in [0.15, 0.2) is 29.2 Å². The molecule has 0 aromatic heterocycles. The van der Waals surface area contributed by atoms with Crippen molar-refractivity contribution in [1.82, 2.24) is 14.7 Å². The summed E-state index contributed by atoms with van der Waals surface area (Å²) < 4.78 is 33.1. The van der Waals surface area contributed by atoms with Crippen LogP contribution in [0.3, 0.4) is 0 Å². The number of likely N-dealkylation sites (tertiary alicyclic amines) is 1. The van der Waals surface area contributed by atoms with Gasteiger partial charge in [-0.15, -0.1) is 0 Å². The van der Waals surface area contributed by atoms with Crippen molar-refractivity contribution in [2.75, 3.05) is 33.3 Å². The molecule has 1 aromatic carbocycles. The Kier molecular flexibility index (Phi) is 10.1. The molecule has 1 fully saturated rings. The van der Waals surface area contributed by atoms with E-state index < -0.39 is 27.8 Å². The summed E-state index contributed by atoms with van der Waals surface area (Å²) in [7, 11) is -2.36. The molecule has 33 heavy (non-hydrogen) atoms. The van der Waals surface area contributed by atoms with Gasteiger partial charge in [0.2, 0.25) is 15.9 Å². The van der Waals surface area contributed by atoms with Gasteiger partial charge >= 0.3 is 0 Å². The first-order valence-electron chi connectivity index (χ1n) is 11.5. The van der Waals surface area contributed by atoms with Gasteiger partial charge in [0.05, 0.1) is 12.0 Å². The fourth-order valence-corrected chi connectivity index (χ4v) is 5.89. The smallest absolute Gasteiger partial charge is 0.256 e. The Labute approximate surface area is 197 Å². The largest absolute Gasteiger partial charge is 0.497 e. The van der Waals surface area contributed by atoms with Gasteiger partial charge in [-0.25, -0.2) is 13.9 Å². The van der Waals surface area contributed by atoms with Crippen molar-refractivity contribution in [3.63, 3.8) is 0 Å². The van der Waals surface area contributed by atoms with Crippen LogP contribution in [0.1, 0.15) is 46.5 Å². The Balaban J connectivity index is 2.37. The van der Waals surface area contributed by atoms with Gasteiger partial charge in [-0.1, -0.05) is 20.8 Å². The molecule has 1 aromatic rings. The molecule has 0 unspecified atom stereocenters. The van der Waals surface area contributed by atoms with Crippen molar-refractivity contribution in [2.24, 2.45) is 17.8 Å². The zero-order valence-corrected chi connectivity index (χ0v) is 20.8. The minimum atomic E-state index is -3.86. The first-order valence-corrected chi connectivity index (χ1v) is 13.0. The maximum Gasteiger partial charge on any atom is 0.256 e. The lowest BCUT2D eigenvalue weighted by Crippen LogP contribution is -2.50. The van der Waals surface area contributed by atoms with Crippen LogP contribution in [0.25, 0.3) is 0 Å². The molecule has 0 radical (unpaired) electrons. The molecule has 1 aliphatic rings. The van der Waals surface area contributed by atoms with E-state index in [0.717, 1.165) is 19.3 Å². The third kappa shape index (κ3) is 6.91. The molecular weight excluding hydrogens is 446 g/mol. The van der Waals surface area contributed by atoms with Crippen LogP contribution in [-0.2, 0) is 19.6 Å². The van der Waals surface area contributed by atoms with E-state index >= 15 is 0 Å². The molecule has 1 aliphatic heterocycles. The van der Waals surface area contributed by atoms with E-state index in [2.05, 4.69) is 0 Å². The predicted octanol–water partition coefficient (Wildman–Crippen LogP) is 2.50. The summed E-state index contributed by atoms with van der Waals surface area (Å²) in [5, 5.41) is 9.40. The monoisotopic (exact) mass is 483 g/mol. The SMILES string of the molecule is CCN(C[C@H](CC(C)C)[C@H](C(=O)NO)C(=O)N1CCCCC1)S(=O)(=O)c1ccc(OC)cc1. The molecule has 186 valence electrons. The zero-order chi connectivity index (χ0) is 24.6. The Morgan fingerprint density at radius 3 is 2.24 bits per heavy atom. The molecule has 0 aliphatic carbocycles. The minimum Gasteiger partial charge on any atom is -0.497 e. The Bertz CT molecular complexity index is 882. The number of hydrogen-bond donors (Lipinski definition) is 2. The zero-order valence-electron chi connectivity index (χ0n) is 20.0. The first-order chi connectivity index (χ1) is 15.6. The molecule has 1 heterocycles. The third-order valence-electron chi connectivity index (χ3n) is 6.06. The van der Waals surface area contributed by atoms with Crippen molar-refractivity contribution in [3.05, 3.63) is 24.3 Å². The van der Waals surface area contributed by atoms with E-state index in [1.165, 1.54) is 23.5 Å². The molecule has 2 atom stereocenters. The number of benzene rings is 1. The topological polar surface area (TPSA) is 116 Å². The van der Waals surface area contributed by atoms with Gasteiger partial charge < -0.3 is 9.64 Å². The summed E-state index contributed by atoms with van der Waals surface area (Å²) in [5.74, 6) is -2.27. The highest BCUT2D eigenvalue weighted by Gasteiger charge is 2.40. The van der Waals surface area contributed by atoms with E-state index in [0.29, 0.717) is 25.3 Å². The predicted molar refractivity (Wildman–Crippen MR) is 124 cm³/mol. The Hall–Kier alpha value is -2.17. The van der Waals surface area contributed by atoms with Crippen molar-refractivity contribution in [2.45, 2.75) is 51.3 Å². The van der Waals surface area contributed by atoms with Gasteiger partial charge in [0.25, 0.3) is 5.91 Å². The Morgan fingerprint density at radius 1 is 1.15 bits per heavy atom. The standard InChI is InChI=1S/C23H37N3O6S/c1-5-26(33(30,31)20-11-9-19(32-4)10-12-20)16-18(15-17(2)3)21(22(27)24-29)23(28)25-13-7-6-8-14-25/h9-12,17-18,21,29H,5-8,13-16H2,1-4H3,(H,24,27)/t18-,21+/m0/s1. The lowest BCUT2D eigenvalue weighted by Gasteiger charge is -2.35. The van der Waals surface area contributed by atoms with Crippen LogP contribution in [-0.4, -0.2) is 67.9 Å². The number of ether oxygens (including phenoxy) is 1. The van der Waals surface area contributed by atoms with Crippen LogP contribution < -0.4 is 10.2 Å². The van der Waals surface area contributed by atoms with Crippen molar-refractivity contribution in [3.8, 4) is 5.75 Å². The molecule has 9 nitrogen and oxygen atoms in total. The quantitative estimate of drug-likeness (QED) is 0.284. The number of hydroxylamine groups is 1. The first kappa shape index (κ1) is 27.1. The second kappa shape index (κ2) is 12.3. The average Bonchev–Trinajstić information content (AvgIpc) is 2.82. The lowest BCUT2D eigenvalue weighted by atomic mass is 9.83. The lowest BCUT2D eigenvalue weighted by molar-refractivity contribution is -0.149. The summed E-state index contributed by atoms with van der Waals surface area (Å²) in [5.41, 5.74) is 1.64. The number of carbonyl (C=O) groups is 2. The number of sulfonamides is 1. The van der Waals surface area contributed by atoms with Crippen molar-refractivity contribution < 1.29 is 28.0 Å². The van der Waals surface area contributed by atoms with Gasteiger partial charge in [-0.3, -0.25) is 14.8 Å². The van der Waals surface area contributed by atoms with E-state index in [9.17, 15) is 23.2 Å². The van der Waals surface area contributed by atoms with E-state index in [4.69, 9.17) is 4.74 Å². The fourth-order valence-electron chi connectivity index (χ4n) is 4.39. The van der Waals surface area contributed by atoms with Crippen molar-refractivity contribution >= 4 is 21.8 Å². The summed E-state index contributed by atoms with van der Waals surface area (Å²) >= 11 is 0. The van der Waals surface area contributed by atoms with E-state index in [1.54, 1.807) is 29.4 Å². The average molecular weight is 484 g/mol. The summed E-state index contributed by atoms with van der Waals surface area (Å²) in [6.07, 6.45) is 3.20. The van der Waals surface area contributed by atoms with Crippen molar-refractivity contribution in [1.29, 1.82) is 0 Å². The maximum absolute atomic E-state index is 13.4. The molecule has 2 N–H and O–H groups in total.